The van der Waals surface area contributed by atoms with E-state index in [1.54, 1.807) is 23.3 Å². The number of hydrogen-bond donors (Lipinski definition) is 2. The summed E-state index contributed by atoms with van der Waals surface area (Å²) in [6, 6.07) is 18.1. The average molecular weight is 377 g/mol. The number of rotatable bonds is 6. The molecule has 0 aliphatic carbocycles. The predicted octanol–water partition coefficient (Wildman–Crippen LogP) is 4.90. The van der Waals surface area contributed by atoms with Gasteiger partial charge in [0.25, 0.3) is 0 Å². The number of oxime groups is 1. The molecule has 5 heteroatoms. The Morgan fingerprint density at radius 2 is 1.64 bits per heavy atom. The second kappa shape index (κ2) is 7.98. The first-order chi connectivity index (χ1) is 13.3. The van der Waals surface area contributed by atoms with Gasteiger partial charge in [0.05, 0.1) is 12.0 Å². The minimum atomic E-state index is -1.15. The molecule has 1 heterocycles. The van der Waals surface area contributed by atoms with E-state index < -0.39 is 11.1 Å². The third-order valence-corrected chi connectivity index (χ3v) is 5.29. The molecule has 3 rings (SSSR count). The number of benzene rings is 2. The van der Waals surface area contributed by atoms with Gasteiger partial charge in [-0.1, -0.05) is 80.5 Å². The molecule has 0 aliphatic rings. The molecule has 3 aromatic rings. The minimum Gasteiger partial charge on any atom is -0.411 e. The highest BCUT2D eigenvalue weighted by Crippen LogP contribution is 2.39. The Morgan fingerprint density at radius 3 is 2.18 bits per heavy atom. The van der Waals surface area contributed by atoms with E-state index in [4.69, 9.17) is 0 Å². The lowest BCUT2D eigenvalue weighted by Crippen LogP contribution is -2.45. The monoisotopic (exact) mass is 377 g/mol. The minimum absolute atomic E-state index is 0.396. The molecule has 1 atom stereocenters. The Bertz CT molecular complexity index is 911. The summed E-state index contributed by atoms with van der Waals surface area (Å²) < 4.78 is 1.72. The molecular weight excluding hydrogens is 350 g/mol. The lowest BCUT2D eigenvalue weighted by molar-refractivity contribution is -0.133. The van der Waals surface area contributed by atoms with Crippen LogP contribution in [0.15, 0.2) is 78.5 Å². The Morgan fingerprint density at radius 1 is 1.00 bits per heavy atom. The second-order valence-electron chi connectivity index (χ2n) is 8.03. The third-order valence-electron chi connectivity index (χ3n) is 5.29. The van der Waals surface area contributed by atoms with Crippen molar-refractivity contribution < 1.29 is 10.3 Å². The van der Waals surface area contributed by atoms with Gasteiger partial charge in [0.15, 0.2) is 0 Å². The van der Waals surface area contributed by atoms with Crippen LogP contribution in [0.2, 0.25) is 0 Å². The summed E-state index contributed by atoms with van der Waals surface area (Å²) in [5.41, 5.74) is 2.05. The Labute approximate surface area is 166 Å². The number of imidazole rings is 1. The highest BCUT2D eigenvalue weighted by Gasteiger charge is 2.41. The van der Waals surface area contributed by atoms with E-state index in [0.717, 1.165) is 16.7 Å². The van der Waals surface area contributed by atoms with Crippen molar-refractivity contribution in [3.63, 3.8) is 0 Å². The van der Waals surface area contributed by atoms with Crippen molar-refractivity contribution in [3.05, 3.63) is 78.9 Å². The summed E-state index contributed by atoms with van der Waals surface area (Å²) in [6.45, 7) is 5.95. The van der Waals surface area contributed by atoms with Crippen molar-refractivity contribution in [2.75, 3.05) is 0 Å². The summed E-state index contributed by atoms with van der Waals surface area (Å²) >= 11 is 0. The molecule has 0 saturated heterocycles. The zero-order valence-electron chi connectivity index (χ0n) is 16.6. The van der Waals surface area contributed by atoms with Crippen LogP contribution >= 0.6 is 0 Å². The van der Waals surface area contributed by atoms with Gasteiger partial charge in [-0.25, -0.2) is 4.98 Å². The molecule has 0 amide bonds. The maximum Gasteiger partial charge on any atom is 0.147 e. The van der Waals surface area contributed by atoms with Crippen molar-refractivity contribution in [2.24, 2.45) is 10.6 Å². The molecule has 0 saturated carbocycles. The molecule has 2 aromatic carbocycles. The van der Waals surface area contributed by atoms with Gasteiger partial charge in [-0.05, 0) is 23.1 Å². The van der Waals surface area contributed by atoms with Gasteiger partial charge in [-0.15, -0.1) is 0 Å². The van der Waals surface area contributed by atoms with E-state index in [1.807, 2.05) is 63.2 Å². The molecule has 1 unspecified atom stereocenters. The Hall–Kier alpha value is -2.92. The fraction of sp³-hybridized carbons (Fsp3) is 0.304. The maximum atomic E-state index is 11.4. The van der Waals surface area contributed by atoms with Gasteiger partial charge in [0, 0.05) is 24.2 Å². The number of aliphatic hydroxyl groups is 1. The molecule has 28 heavy (non-hydrogen) atoms. The quantitative estimate of drug-likeness (QED) is 0.365. The normalized spacial score (nSPS) is 14.6. The van der Waals surface area contributed by atoms with Crippen molar-refractivity contribution in [2.45, 2.75) is 39.3 Å². The summed E-state index contributed by atoms with van der Waals surface area (Å²) in [5.74, 6) is 0. The maximum absolute atomic E-state index is 11.4. The first-order valence-corrected chi connectivity index (χ1v) is 9.43. The van der Waals surface area contributed by atoms with Gasteiger partial charge >= 0.3 is 0 Å². The summed E-state index contributed by atoms with van der Waals surface area (Å²) in [7, 11) is 0. The predicted molar refractivity (Wildman–Crippen MR) is 111 cm³/mol. The van der Waals surface area contributed by atoms with Crippen molar-refractivity contribution in [3.8, 4) is 11.1 Å². The van der Waals surface area contributed by atoms with Gasteiger partial charge in [0.1, 0.15) is 5.72 Å². The van der Waals surface area contributed by atoms with Crippen LogP contribution in [0.3, 0.4) is 0 Å². The second-order valence-corrected chi connectivity index (χ2v) is 8.03. The van der Waals surface area contributed by atoms with E-state index in [-0.39, 0.29) is 0 Å². The zero-order valence-corrected chi connectivity index (χ0v) is 16.6. The smallest absolute Gasteiger partial charge is 0.147 e. The summed E-state index contributed by atoms with van der Waals surface area (Å²) in [4.78, 5) is 4.07. The molecule has 0 radical (unpaired) electrons. The SMILES string of the molecule is CC(C)(C)C(O)(CCC(=NO)c1ccc(-c2ccccc2)cc1)n1ccnc1. The highest BCUT2D eigenvalue weighted by molar-refractivity contribution is 6.00. The number of hydrogen-bond acceptors (Lipinski definition) is 4. The zero-order chi connectivity index (χ0) is 20.2. The van der Waals surface area contributed by atoms with E-state index >= 15 is 0 Å². The van der Waals surface area contributed by atoms with Crippen LogP contribution in [-0.2, 0) is 5.72 Å². The number of nitrogens with zero attached hydrogens (tertiary/aromatic N) is 3. The molecule has 0 fully saturated rings. The van der Waals surface area contributed by atoms with Crippen LogP contribution in [0.25, 0.3) is 11.1 Å². The molecule has 146 valence electrons. The van der Waals surface area contributed by atoms with Gasteiger partial charge < -0.3 is 14.9 Å². The van der Waals surface area contributed by atoms with Crippen LogP contribution in [0, 0.1) is 5.41 Å². The standard InChI is InChI=1S/C23H27N3O2/c1-22(2,3)23(27,26-16-15-24-17-26)14-13-21(25-28)20-11-9-19(10-12-20)18-7-5-4-6-8-18/h4-12,15-17,27-28H,13-14H2,1-3H3. The van der Waals surface area contributed by atoms with E-state index in [2.05, 4.69) is 22.3 Å². The molecule has 5 nitrogen and oxygen atoms in total. The van der Waals surface area contributed by atoms with Crippen LogP contribution in [0.4, 0.5) is 0 Å². The average Bonchev–Trinajstić information content (AvgIpc) is 3.24. The van der Waals surface area contributed by atoms with Crippen LogP contribution in [0.1, 0.15) is 39.2 Å². The van der Waals surface area contributed by atoms with E-state index in [1.165, 1.54) is 0 Å². The number of aromatic nitrogens is 2. The topological polar surface area (TPSA) is 70.6 Å². The third kappa shape index (κ3) is 3.99. The van der Waals surface area contributed by atoms with Crippen molar-refractivity contribution in [1.29, 1.82) is 0 Å². The fourth-order valence-corrected chi connectivity index (χ4v) is 3.40. The molecular formula is C23H27N3O2. The van der Waals surface area contributed by atoms with Crippen LogP contribution in [0.5, 0.6) is 0 Å². The van der Waals surface area contributed by atoms with Crippen LogP contribution in [-0.4, -0.2) is 25.6 Å². The lowest BCUT2D eigenvalue weighted by atomic mass is 9.79. The Kier molecular flexibility index (Phi) is 5.66. The summed E-state index contributed by atoms with van der Waals surface area (Å²) in [6.07, 6.45) is 5.85. The van der Waals surface area contributed by atoms with E-state index in [9.17, 15) is 10.3 Å². The van der Waals surface area contributed by atoms with Crippen molar-refractivity contribution in [1.82, 2.24) is 9.55 Å². The van der Waals surface area contributed by atoms with Gasteiger partial charge in [0.2, 0.25) is 0 Å². The first kappa shape index (κ1) is 19.8. The lowest BCUT2D eigenvalue weighted by Gasteiger charge is -2.41. The van der Waals surface area contributed by atoms with Crippen LogP contribution < -0.4 is 0 Å². The highest BCUT2D eigenvalue weighted by atomic mass is 16.4. The molecule has 0 aliphatic heterocycles. The van der Waals surface area contributed by atoms with Gasteiger partial charge in [-0.2, -0.15) is 0 Å². The molecule has 2 N–H and O–H groups in total. The Balaban J connectivity index is 1.79. The first-order valence-electron chi connectivity index (χ1n) is 9.43. The molecule has 1 aromatic heterocycles. The largest absolute Gasteiger partial charge is 0.411 e. The van der Waals surface area contributed by atoms with Gasteiger partial charge in [-0.3, -0.25) is 0 Å². The summed E-state index contributed by atoms with van der Waals surface area (Å²) in [5, 5.41) is 24.5. The van der Waals surface area contributed by atoms with Crippen molar-refractivity contribution >= 4 is 5.71 Å². The fourth-order valence-electron chi connectivity index (χ4n) is 3.40. The molecule has 0 spiro atoms. The molecule has 0 bridgehead atoms. The van der Waals surface area contributed by atoms with E-state index in [0.29, 0.717) is 18.6 Å².